The lowest BCUT2D eigenvalue weighted by molar-refractivity contribution is 0.162. The van der Waals surface area contributed by atoms with Gasteiger partial charge in [0.2, 0.25) is 10.4 Å². The zero-order valence-electron chi connectivity index (χ0n) is 9.15. The highest BCUT2D eigenvalue weighted by Crippen LogP contribution is 2.11. The molecule has 0 aliphatic heterocycles. The summed E-state index contributed by atoms with van der Waals surface area (Å²) in [5.41, 5.74) is 0. The van der Waals surface area contributed by atoms with Gasteiger partial charge in [0.15, 0.2) is 0 Å². The van der Waals surface area contributed by atoms with Crippen LogP contribution in [0.1, 0.15) is 47.4 Å². The molecule has 0 aromatic heterocycles. The lowest BCUT2D eigenvalue weighted by Gasteiger charge is -2.17. The third kappa shape index (κ3) is 8.21. The molecule has 0 fully saturated rings. The summed E-state index contributed by atoms with van der Waals surface area (Å²) >= 11 is 0. The normalized spacial score (nSPS) is 14.4. The fourth-order valence-corrected chi connectivity index (χ4v) is 1.67. The summed E-state index contributed by atoms with van der Waals surface area (Å²) in [4.78, 5) is 0. The number of unbranched alkanes of at least 4 members (excludes halogenated alkanes) is 2. The summed E-state index contributed by atoms with van der Waals surface area (Å²) in [7, 11) is -4.52. The third-order valence-corrected chi connectivity index (χ3v) is 2.35. The van der Waals surface area contributed by atoms with Gasteiger partial charge in [-0.15, -0.1) is 0 Å². The number of hydrogen-bond donors (Lipinski definition) is 0. The predicted octanol–water partition coefficient (Wildman–Crippen LogP) is 1.93. The summed E-state index contributed by atoms with van der Waals surface area (Å²) in [5, 5.41) is 0. The Morgan fingerprint density at radius 2 is 2.00 bits per heavy atom. The van der Waals surface area contributed by atoms with Gasteiger partial charge in [0.1, 0.15) is 0 Å². The second kappa shape index (κ2) is 6.34. The molecule has 0 N–H and O–H groups in total. The first-order chi connectivity index (χ1) is 5.99. The molecule has 0 aliphatic carbocycles. The van der Waals surface area contributed by atoms with Gasteiger partial charge in [-0.05, 0) is 12.8 Å². The maximum absolute atomic E-state index is 10.3. The van der Waals surface area contributed by atoms with Gasteiger partial charge in [-0.3, -0.25) is 4.18 Å². The van der Waals surface area contributed by atoms with Crippen molar-refractivity contribution in [3.63, 3.8) is 0 Å². The molecule has 0 bridgehead atoms. The van der Waals surface area contributed by atoms with Crippen molar-refractivity contribution in [2.24, 2.45) is 0 Å². The van der Waals surface area contributed by atoms with Crippen LogP contribution in [0.5, 0.6) is 0 Å². The molecule has 0 aliphatic rings. The second-order valence-corrected chi connectivity index (χ2v) is 4.04. The molecule has 13 heavy (non-hydrogen) atoms. The van der Waals surface area contributed by atoms with Gasteiger partial charge in [0.05, 0.1) is 6.10 Å². The van der Waals surface area contributed by atoms with Crippen LogP contribution in [0.15, 0.2) is 0 Å². The first-order valence-corrected chi connectivity index (χ1v) is 5.97. The molecule has 0 aromatic carbocycles. The van der Waals surface area contributed by atoms with Gasteiger partial charge >= 0.3 is 1.43 Å². The summed E-state index contributed by atoms with van der Waals surface area (Å²) < 4.78 is 35.1. The van der Waals surface area contributed by atoms with Crippen molar-refractivity contribution in [1.29, 1.82) is 0 Å². The first kappa shape index (κ1) is 12.9. The summed E-state index contributed by atoms with van der Waals surface area (Å²) in [6.45, 7) is 3.87. The van der Waals surface area contributed by atoms with Crippen molar-refractivity contribution in [1.82, 2.24) is 0 Å². The molecule has 5 heteroatoms. The first-order valence-electron chi connectivity index (χ1n) is 4.63. The summed E-state index contributed by atoms with van der Waals surface area (Å²) in [6.07, 6.45) is 3.79. The largest absolute Gasteiger partial charge is 1.00 e. The van der Waals surface area contributed by atoms with Crippen LogP contribution in [-0.4, -0.2) is 19.1 Å². The number of hydrogen-bond acceptors (Lipinski definition) is 4. The molecule has 4 nitrogen and oxygen atoms in total. The van der Waals surface area contributed by atoms with Crippen molar-refractivity contribution in [2.75, 3.05) is 0 Å². The van der Waals surface area contributed by atoms with E-state index in [2.05, 4.69) is 11.1 Å². The van der Waals surface area contributed by atoms with Gasteiger partial charge in [0, 0.05) is 0 Å². The van der Waals surface area contributed by atoms with E-state index in [0.29, 0.717) is 12.8 Å². The van der Waals surface area contributed by atoms with Crippen LogP contribution in [0.2, 0.25) is 0 Å². The maximum Gasteiger partial charge on any atom is 1.00 e. The molecule has 0 spiro atoms. The molecule has 0 aromatic rings. The molecule has 80 valence electrons. The third-order valence-electron chi connectivity index (χ3n) is 1.84. The Hall–Kier alpha value is -0.130. The minimum atomic E-state index is -4.52. The van der Waals surface area contributed by atoms with E-state index in [1.54, 1.807) is 0 Å². The van der Waals surface area contributed by atoms with E-state index in [1.165, 1.54) is 0 Å². The highest BCUT2D eigenvalue weighted by molar-refractivity contribution is 7.80. The molecule has 0 saturated heterocycles. The van der Waals surface area contributed by atoms with E-state index in [4.69, 9.17) is 0 Å². The minimum Gasteiger partial charge on any atom is -0.726 e. The number of rotatable bonds is 7. The second-order valence-electron chi connectivity index (χ2n) is 3.03. The Balaban J connectivity index is 0. The molecule has 1 atom stereocenters. The van der Waals surface area contributed by atoms with Crippen molar-refractivity contribution in [3.05, 3.63) is 0 Å². The van der Waals surface area contributed by atoms with Gasteiger partial charge in [-0.25, -0.2) is 8.42 Å². The smallest absolute Gasteiger partial charge is 0.726 e. The predicted molar refractivity (Wildman–Crippen MR) is 50.1 cm³/mol. The van der Waals surface area contributed by atoms with Crippen LogP contribution >= 0.6 is 0 Å². The monoisotopic (exact) mass is 210 g/mol. The highest BCUT2D eigenvalue weighted by Gasteiger charge is 2.09. The lowest BCUT2D eigenvalue weighted by Crippen LogP contribution is -2.17. The topological polar surface area (TPSA) is 66.4 Å². The Morgan fingerprint density at radius 1 is 1.38 bits per heavy atom. The van der Waals surface area contributed by atoms with E-state index in [-0.39, 0.29) is 1.43 Å². The van der Waals surface area contributed by atoms with Crippen LogP contribution in [0.4, 0.5) is 0 Å². The van der Waals surface area contributed by atoms with Crippen LogP contribution in [0.3, 0.4) is 0 Å². The fourth-order valence-electron chi connectivity index (χ4n) is 1.11. The van der Waals surface area contributed by atoms with Crippen molar-refractivity contribution in [3.8, 4) is 0 Å². The SMILES string of the molecule is CCCCCC(CC)OS(=O)(=O)[O-].[H+]. The van der Waals surface area contributed by atoms with E-state index >= 15 is 0 Å². The molecule has 0 saturated carbocycles. The summed E-state index contributed by atoms with van der Waals surface area (Å²) in [6, 6.07) is 0. The average molecular weight is 210 g/mol. The molecule has 0 amide bonds. The Labute approximate surface area is 81.7 Å². The van der Waals surface area contributed by atoms with Crippen LogP contribution in [0.25, 0.3) is 0 Å². The lowest BCUT2D eigenvalue weighted by atomic mass is 10.1. The molecular weight excluding hydrogens is 192 g/mol. The molecule has 0 radical (unpaired) electrons. The molecular formula is C8H18O4S. The van der Waals surface area contributed by atoms with Crippen LogP contribution < -0.4 is 0 Å². The van der Waals surface area contributed by atoms with Crippen LogP contribution in [-0.2, 0) is 14.6 Å². The zero-order valence-corrected chi connectivity index (χ0v) is 8.97. The Morgan fingerprint density at radius 3 is 2.38 bits per heavy atom. The van der Waals surface area contributed by atoms with E-state index < -0.39 is 16.5 Å². The quantitative estimate of drug-likeness (QED) is 0.366. The standard InChI is InChI=1S/C8H18O4S/c1-3-5-6-7-8(4-2)12-13(9,10)11/h8H,3-7H2,1-2H3,(H,9,10,11). The average Bonchev–Trinajstić information content (AvgIpc) is 2.01. The van der Waals surface area contributed by atoms with Gasteiger partial charge < -0.3 is 4.55 Å². The Kier molecular flexibility index (Phi) is 6.28. The van der Waals surface area contributed by atoms with Crippen molar-refractivity contribution < 1.29 is 18.6 Å². The Bertz CT molecular complexity index is 215. The molecule has 0 rings (SSSR count). The van der Waals surface area contributed by atoms with E-state index in [0.717, 1.165) is 19.3 Å². The van der Waals surface area contributed by atoms with E-state index in [1.807, 2.05) is 6.92 Å². The minimum absolute atomic E-state index is 0. The van der Waals surface area contributed by atoms with Gasteiger partial charge in [0.25, 0.3) is 0 Å². The van der Waals surface area contributed by atoms with Crippen LogP contribution in [0, 0.1) is 0 Å². The molecule has 1 unspecified atom stereocenters. The zero-order chi connectivity index (χ0) is 10.3. The van der Waals surface area contributed by atoms with Gasteiger partial charge in [-0.2, -0.15) is 0 Å². The van der Waals surface area contributed by atoms with Crippen molar-refractivity contribution in [2.45, 2.75) is 52.1 Å². The molecule has 0 heterocycles. The van der Waals surface area contributed by atoms with E-state index in [9.17, 15) is 13.0 Å². The summed E-state index contributed by atoms with van der Waals surface area (Å²) in [5.74, 6) is 0. The highest BCUT2D eigenvalue weighted by atomic mass is 32.3. The fraction of sp³-hybridized carbons (Fsp3) is 1.00. The maximum atomic E-state index is 10.3. The van der Waals surface area contributed by atoms with Crippen molar-refractivity contribution >= 4 is 10.4 Å². The van der Waals surface area contributed by atoms with Gasteiger partial charge in [-0.1, -0.05) is 33.1 Å².